The zero-order valence-electron chi connectivity index (χ0n) is 8.85. The van der Waals surface area contributed by atoms with E-state index in [0.717, 1.165) is 0 Å². The van der Waals surface area contributed by atoms with E-state index in [-0.39, 0.29) is 11.5 Å². The van der Waals surface area contributed by atoms with Gasteiger partial charge in [0.1, 0.15) is 17.7 Å². The van der Waals surface area contributed by atoms with Gasteiger partial charge in [-0.3, -0.25) is 9.89 Å². The van der Waals surface area contributed by atoms with Gasteiger partial charge in [-0.2, -0.15) is 5.10 Å². The lowest BCUT2D eigenvalue weighted by Gasteiger charge is -1.96. The van der Waals surface area contributed by atoms with Gasteiger partial charge in [0.05, 0.1) is 5.56 Å². The lowest BCUT2D eigenvalue weighted by Crippen LogP contribution is -2.11. The van der Waals surface area contributed by atoms with Crippen molar-refractivity contribution in [3.63, 3.8) is 0 Å². The first-order valence-electron chi connectivity index (χ1n) is 4.71. The number of carbonyl (C=O) groups is 2. The minimum absolute atomic E-state index is 0.0938. The van der Waals surface area contributed by atoms with Crippen LogP contribution >= 0.6 is 0 Å². The number of carboxylic acids is 1. The van der Waals surface area contributed by atoms with Gasteiger partial charge in [-0.15, -0.1) is 0 Å². The molecule has 0 saturated heterocycles. The Morgan fingerprint density at radius 2 is 2.24 bits per heavy atom. The van der Waals surface area contributed by atoms with Gasteiger partial charge in [-0.05, 0) is 13.0 Å². The number of aromatic carboxylic acids is 1. The molecule has 2 rings (SSSR count). The minimum Gasteiger partial charge on any atom is -0.477 e. The van der Waals surface area contributed by atoms with Crippen molar-refractivity contribution in [2.24, 2.45) is 0 Å². The van der Waals surface area contributed by atoms with Gasteiger partial charge in [-0.25, -0.2) is 4.79 Å². The number of nitrogens with one attached hydrogen (secondary N) is 2. The molecule has 0 spiro atoms. The Kier molecular flexibility index (Phi) is 2.65. The fourth-order valence-corrected chi connectivity index (χ4v) is 1.25. The van der Waals surface area contributed by atoms with E-state index in [9.17, 15) is 9.59 Å². The number of hydrogen-bond acceptors (Lipinski definition) is 4. The summed E-state index contributed by atoms with van der Waals surface area (Å²) in [5, 5.41) is 17.0. The van der Waals surface area contributed by atoms with Gasteiger partial charge in [0.15, 0.2) is 5.82 Å². The molecule has 17 heavy (non-hydrogen) atoms. The highest BCUT2D eigenvalue weighted by molar-refractivity contribution is 6.04. The molecule has 0 aliphatic carbocycles. The molecule has 7 nitrogen and oxygen atoms in total. The Morgan fingerprint density at radius 1 is 1.47 bits per heavy atom. The highest BCUT2D eigenvalue weighted by Gasteiger charge is 2.12. The Hall–Kier alpha value is -2.57. The van der Waals surface area contributed by atoms with Crippen LogP contribution < -0.4 is 5.32 Å². The average molecular weight is 235 g/mol. The van der Waals surface area contributed by atoms with Crippen molar-refractivity contribution in [3.8, 4) is 0 Å². The summed E-state index contributed by atoms with van der Waals surface area (Å²) in [5.41, 5.74) is 0.256. The predicted molar refractivity (Wildman–Crippen MR) is 56.9 cm³/mol. The van der Waals surface area contributed by atoms with Crippen molar-refractivity contribution < 1.29 is 19.1 Å². The van der Waals surface area contributed by atoms with Gasteiger partial charge in [0, 0.05) is 6.07 Å². The monoisotopic (exact) mass is 235 g/mol. The van der Waals surface area contributed by atoms with Crippen LogP contribution in [0, 0.1) is 6.92 Å². The summed E-state index contributed by atoms with van der Waals surface area (Å²) >= 11 is 0. The third-order valence-electron chi connectivity index (χ3n) is 2.04. The number of aryl methyl sites for hydroxylation is 1. The molecule has 0 radical (unpaired) electrons. The quantitative estimate of drug-likeness (QED) is 0.742. The van der Waals surface area contributed by atoms with Crippen molar-refractivity contribution in [1.29, 1.82) is 0 Å². The van der Waals surface area contributed by atoms with Crippen LogP contribution in [0.4, 0.5) is 5.82 Å². The Labute approximate surface area is 95.4 Å². The second-order valence-electron chi connectivity index (χ2n) is 3.37. The normalized spacial score (nSPS) is 10.2. The number of anilines is 1. The van der Waals surface area contributed by atoms with Gasteiger partial charge < -0.3 is 14.8 Å². The topological polar surface area (TPSA) is 108 Å². The molecule has 0 unspecified atom stereocenters. The zero-order chi connectivity index (χ0) is 12.4. The van der Waals surface area contributed by atoms with Crippen LogP contribution in [-0.2, 0) is 0 Å². The number of rotatable bonds is 3. The second kappa shape index (κ2) is 4.12. The number of aromatic nitrogens is 2. The van der Waals surface area contributed by atoms with Crippen LogP contribution in [-0.4, -0.2) is 27.2 Å². The van der Waals surface area contributed by atoms with E-state index in [0.29, 0.717) is 11.3 Å². The first kappa shape index (κ1) is 10.9. The van der Waals surface area contributed by atoms with Crippen LogP contribution in [0.3, 0.4) is 0 Å². The molecule has 0 atom stereocenters. The van der Waals surface area contributed by atoms with Gasteiger partial charge >= 0.3 is 5.97 Å². The van der Waals surface area contributed by atoms with Crippen molar-refractivity contribution in [1.82, 2.24) is 10.2 Å². The highest BCUT2D eigenvalue weighted by Crippen LogP contribution is 2.10. The molecule has 1 amide bonds. The SMILES string of the molecule is Cc1cc(C(=O)Nc2cc(C(=O)O)[nH]n2)co1. The Bertz CT molecular complexity index is 570. The third kappa shape index (κ3) is 2.33. The van der Waals surface area contributed by atoms with E-state index in [2.05, 4.69) is 15.5 Å². The maximum atomic E-state index is 11.6. The van der Waals surface area contributed by atoms with Crippen molar-refractivity contribution in [2.75, 3.05) is 5.32 Å². The van der Waals surface area contributed by atoms with Gasteiger partial charge in [-0.1, -0.05) is 0 Å². The molecule has 2 aromatic heterocycles. The molecule has 3 N–H and O–H groups in total. The number of amides is 1. The van der Waals surface area contributed by atoms with E-state index in [1.54, 1.807) is 13.0 Å². The summed E-state index contributed by atoms with van der Waals surface area (Å²) in [6.07, 6.45) is 1.31. The van der Waals surface area contributed by atoms with Gasteiger partial charge in [0.2, 0.25) is 0 Å². The predicted octanol–water partition coefficient (Wildman–Crippen LogP) is 1.26. The summed E-state index contributed by atoms with van der Waals surface area (Å²) in [5.74, 6) is -0.794. The maximum Gasteiger partial charge on any atom is 0.353 e. The van der Waals surface area contributed by atoms with Crippen LogP contribution in [0.25, 0.3) is 0 Å². The van der Waals surface area contributed by atoms with E-state index in [1.807, 2.05) is 0 Å². The minimum atomic E-state index is -1.14. The number of hydrogen-bond donors (Lipinski definition) is 3. The first-order valence-corrected chi connectivity index (χ1v) is 4.71. The van der Waals surface area contributed by atoms with Crippen LogP contribution in [0.1, 0.15) is 26.6 Å². The number of H-pyrrole nitrogens is 1. The standard InChI is InChI=1S/C10H9N3O4/c1-5-2-6(4-17-5)9(14)11-8-3-7(10(15)16)12-13-8/h2-4H,1H3,(H,15,16)(H2,11,12,13,14). The highest BCUT2D eigenvalue weighted by atomic mass is 16.4. The summed E-state index contributed by atoms with van der Waals surface area (Å²) in [4.78, 5) is 22.2. The molecule has 0 aliphatic heterocycles. The maximum absolute atomic E-state index is 11.6. The summed E-state index contributed by atoms with van der Waals surface area (Å²) in [6, 6.07) is 2.80. The number of carbonyl (C=O) groups excluding carboxylic acids is 1. The van der Waals surface area contributed by atoms with E-state index in [4.69, 9.17) is 9.52 Å². The average Bonchev–Trinajstić information content (AvgIpc) is 2.86. The molecular weight excluding hydrogens is 226 g/mol. The second-order valence-corrected chi connectivity index (χ2v) is 3.37. The number of furan rings is 1. The zero-order valence-corrected chi connectivity index (χ0v) is 8.85. The first-order chi connectivity index (χ1) is 8.06. The molecule has 0 bridgehead atoms. The van der Waals surface area contributed by atoms with E-state index in [1.165, 1.54) is 12.3 Å². The van der Waals surface area contributed by atoms with Crippen molar-refractivity contribution in [2.45, 2.75) is 6.92 Å². The summed E-state index contributed by atoms with van der Waals surface area (Å²) < 4.78 is 4.98. The lowest BCUT2D eigenvalue weighted by molar-refractivity contribution is 0.0690. The molecule has 0 aliphatic rings. The molecule has 0 aromatic carbocycles. The fraction of sp³-hybridized carbons (Fsp3) is 0.100. The number of aromatic amines is 1. The molecule has 7 heteroatoms. The van der Waals surface area contributed by atoms with E-state index < -0.39 is 11.9 Å². The fourth-order valence-electron chi connectivity index (χ4n) is 1.25. The molecule has 88 valence electrons. The summed E-state index contributed by atoms with van der Waals surface area (Å²) in [7, 11) is 0. The number of nitrogens with zero attached hydrogens (tertiary/aromatic N) is 1. The van der Waals surface area contributed by atoms with Crippen molar-refractivity contribution in [3.05, 3.63) is 35.4 Å². The van der Waals surface area contributed by atoms with Crippen LogP contribution in [0.5, 0.6) is 0 Å². The third-order valence-corrected chi connectivity index (χ3v) is 2.04. The Morgan fingerprint density at radius 3 is 2.76 bits per heavy atom. The molecule has 2 aromatic rings. The largest absolute Gasteiger partial charge is 0.477 e. The van der Waals surface area contributed by atoms with Crippen molar-refractivity contribution >= 4 is 17.7 Å². The lowest BCUT2D eigenvalue weighted by atomic mass is 10.3. The van der Waals surface area contributed by atoms with E-state index >= 15 is 0 Å². The summed E-state index contributed by atoms with van der Waals surface area (Å²) in [6.45, 7) is 1.72. The molecule has 0 saturated carbocycles. The van der Waals surface area contributed by atoms with Gasteiger partial charge in [0.25, 0.3) is 5.91 Å². The number of carboxylic acid groups (broad SMARTS) is 1. The molecule has 2 heterocycles. The molecular formula is C10H9N3O4. The van der Waals surface area contributed by atoms with Crippen LogP contribution in [0.15, 0.2) is 22.8 Å². The smallest absolute Gasteiger partial charge is 0.353 e. The Balaban J connectivity index is 2.10. The molecule has 0 fully saturated rings. The van der Waals surface area contributed by atoms with Crippen LogP contribution in [0.2, 0.25) is 0 Å².